The molecule has 3 N–H and O–H groups in total. The largest absolute Gasteiger partial charge is 0.491 e. The molecule has 0 aliphatic heterocycles. The third kappa shape index (κ3) is 3.36. The number of hydrogen-bond donors (Lipinski definition) is 2. The van der Waals surface area contributed by atoms with Gasteiger partial charge in [-0.2, -0.15) is 0 Å². The van der Waals surface area contributed by atoms with Crippen molar-refractivity contribution in [2.45, 2.75) is 19.3 Å². The summed E-state index contributed by atoms with van der Waals surface area (Å²) in [6, 6.07) is 5.55. The third-order valence-electron chi connectivity index (χ3n) is 2.95. The van der Waals surface area contributed by atoms with E-state index in [0.717, 1.165) is 17.3 Å². The molecule has 0 amide bonds. The topological polar surface area (TPSA) is 59.1 Å². The molecule has 1 aromatic rings. The summed E-state index contributed by atoms with van der Waals surface area (Å²) in [4.78, 5) is 0. The molecular formula is C12H14BrClN2O. The Kier molecular flexibility index (Phi) is 3.64. The number of nitrogens with one attached hydrogen (secondary N) is 1. The molecule has 17 heavy (non-hydrogen) atoms. The minimum Gasteiger partial charge on any atom is -0.491 e. The van der Waals surface area contributed by atoms with Crippen molar-refractivity contribution in [2.75, 3.05) is 6.61 Å². The van der Waals surface area contributed by atoms with E-state index in [0.29, 0.717) is 23.8 Å². The maximum atomic E-state index is 7.33. The molecule has 1 aromatic carbocycles. The zero-order valence-electron chi connectivity index (χ0n) is 9.30. The molecule has 0 heterocycles. The van der Waals surface area contributed by atoms with Crippen LogP contribution < -0.4 is 10.5 Å². The fourth-order valence-corrected chi connectivity index (χ4v) is 2.50. The van der Waals surface area contributed by atoms with Gasteiger partial charge in [0.1, 0.15) is 5.75 Å². The SMILES string of the molecule is N=C(N)CC1(COc2ccc(Br)cc2Cl)CC1. The van der Waals surface area contributed by atoms with Crippen LogP contribution in [0, 0.1) is 10.8 Å². The normalized spacial score (nSPS) is 16.6. The highest BCUT2D eigenvalue weighted by Gasteiger charge is 2.44. The molecule has 0 bridgehead atoms. The minimum absolute atomic E-state index is 0.0717. The highest BCUT2D eigenvalue weighted by atomic mass is 79.9. The first-order chi connectivity index (χ1) is 8.01. The lowest BCUT2D eigenvalue weighted by atomic mass is 10.0. The Hall–Kier alpha value is -0.740. The van der Waals surface area contributed by atoms with Gasteiger partial charge < -0.3 is 10.5 Å². The van der Waals surface area contributed by atoms with Gasteiger partial charge in [0.2, 0.25) is 0 Å². The van der Waals surface area contributed by atoms with Crippen LogP contribution in [-0.2, 0) is 0 Å². The molecule has 1 saturated carbocycles. The molecule has 92 valence electrons. The van der Waals surface area contributed by atoms with E-state index in [2.05, 4.69) is 15.9 Å². The monoisotopic (exact) mass is 316 g/mol. The molecule has 5 heteroatoms. The van der Waals surface area contributed by atoms with E-state index >= 15 is 0 Å². The number of rotatable bonds is 5. The molecule has 0 radical (unpaired) electrons. The lowest BCUT2D eigenvalue weighted by molar-refractivity contribution is 0.238. The quantitative estimate of drug-likeness (QED) is 0.644. The highest BCUT2D eigenvalue weighted by Crippen LogP contribution is 2.49. The molecule has 0 atom stereocenters. The van der Waals surface area contributed by atoms with Gasteiger partial charge in [0, 0.05) is 16.3 Å². The number of ether oxygens (including phenoxy) is 1. The second kappa shape index (κ2) is 4.86. The number of benzene rings is 1. The zero-order chi connectivity index (χ0) is 12.5. The van der Waals surface area contributed by atoms with Crippen LogP contribution in [0.25, 0.3) is 0 Å². The molecule has 0 aromatic heterocycles. The number of nitrogens with two attached hydrogens (primary N) is 1. The third-order valence-corrected chi connectivity index (χ3v) is 3.74. The first-order valence-corrected chi connectivity index (χ1v) is 6.59. The van der Waals surface area contributed by atoms with Crippen molar-refractivity contribution >= 4 is 33.4 Å². The summed E-state index contributed by atoms with van der Waals surface area (Å²) in [6.07, 6.45) is 2.75. The fourth-order valence-electron chi connectivity index (χ4n) is 1.78. The Labute approximate surface area is 114 Å². The standard InChI is InChI=1S/C12H14BrClN2O/c13-8-1-2-10(9(14)5-8)17-7-12(3-4-12)6-11(15)16/h1-2,5H,3-4,6-7H2,(H3,15,16). The fraction of sp³-hybridized carbons (Fsp3) is 0.417. The first-order valence-electron chi connectivity index (χ1n) is 5.42. The molecule has 1 aliphatic carbocycles. The van der Waals surface area contributed by atoms with Crippen molar-refractivity contribution in [3.63, 3.8) is 0 Å². The Morgan fingerprint density at radius 3 is 2.76 bits per heavy atom. The van der Waals surface area contributed by atoms with Gasteiger partial charge in [-0.05, 0) is 31.0 Å². The molecular weight excluding hydrogens is 304 g/mol. The Morgan fingerprint density at radius 1 is 1.53 bits per heavy atom. The molecule has 1 aliphatic rings. The molecule has 3 nitrogen and oxygen atoms in total. The van der Waals surface area contributed by atoms with Crippen molar-refractivity contribution < 1.29 is 4.74 Å². The van der Waals surface area contributed by atoms with Crippen LogP contribution in [0.2, 0.25) is 5.02 Å². The smallest absolute Gasteiger partial charge is 0.137 e. The molecule has 1 fully saturated rings. The van der Waals surface area contributed by atoms with Crippen LogP contribution in [0.3, 0.4) is 0 Å². The predicted octanol–water partition coefficient (Wildman–Crippen LogP) is 3.59. The van der Waals surface area contributed by atoms with Gasteiger partial charge in [-0.25, -0.2) is 0 Å². The van der Waals surface area contributed by atoms with E-state index in [1.165, 1.54) is 0 Å². The summed E-state index contributed by atoms with van der Waals surface area (Å²) in [7, 11) is 0. The van der Waals surface area contributed by atoms with Gasteiger partial charge in [0.25, 0.3) is 0 Å². The van der Waals surface area contributed by atoms with Crippen LogP contribution in [0.5, 0.6) is 5.75 Å². The lowest BCUT2D eigenvalue weighted by Gasteiger charge is -2.16. The second-order valence-electron chi connectivity index (χ2n) is 4.57. The molecule has 2 rings (SSSR count). The summed E-state index contributed by atoms with van der Waals surface area (Å²) in [5.41, 5.74) is 5.50. The minimum atomic E-state index is 0.0717. The Bertz CT molecular complexity index is 446. The number of hydrogen-bond acceptors (Lipinski definition) is 2. The van der Waals surface area contributed by atoms with Crippen LogP contribution in [0.4, 0.5) is 0 Å². The van der Waals surface area contributed by atoms with E-state index < -0.39 is 0 Å². The maximum absolute atomic E-state index is 7.33. The van der Waals surface area contributed by atoms with Crippen molar-refractivity contribution in [2.24, 2.45) is 11.1 Å². The van der Waals surface area contributed by atoms with Gasteiger partial charge in [-0.1, -0.05) is 27.5 Å². The summed E-state index contributed by atoms with van der Waals surface area (Å²) in [5, 5.41) is 7.93. The summed E-state index contributed by atoms with van der Waals surface area (Å²) >= 11 is 9.41. The molecule has 0 spiro atoms. The maximum Gasteiger partial charge on any atom is 0.137 e. The van der Waals surface area contributed by atoms with Crippen molar-refractivity contribution in [1.82, 2.24) is 0 Å². The van der Waals surface area contributed by atoms with Crippen LogP contribution >= 0.6 is 27.5 Å². The van der Waals surface area contributed by atoms with Gasteiger partial charge >= 0.3 is 0 Å². The van der Waals surface area contributed by atoms with Crippen molar-refractivity contribution in [1.29, 1.82) is 5.41 Å². The van der Waals surface area contributed by atoms with Gasteiger partial charge in [-0.15, -0.1) is 0 Å². The van der Waals surface area contributed by atoms with Crippen molar-refractivity contribution in [3.8, 4) is 5.75 Å². The van der Waals surface area contributed by atoms with Crippen LogP contribution in [0.1, 0.15) is 19.3 Å². The number of halogens is 2. The Morgan fingerprint density at radius 2 is 2.24 bits per heavy atom. The van der Waals surface area contributed by atoms with E-state index in [9.17, 15) is 0 Å². The van der Waals surface area contributed by atoms with E-state index in [-0.39, 0.29) is 11.3 Å². The second-order valence-corrected chi connectivity index (χ2v) is 5.89. The first kappa shape index (κ1) is 12.7. The van der Waals surface area contributed by atoms with E-state index in [1.807, 2.05) is 12.1 Å². The van der Waals surface area contributed by atoms with Gasteiger partial charge in [-0.3, -0.25) is 5.41 Å². The summed E-state index contributed by atoms with van der Waals surface area (Å²) in [6.45, 7) is 0.577. The summed E-state index contributed by atoms with van der Waals surface area (Å²) < 4.78 is 6.65. The molecule has 0 unspecified atom stereocenters. The zero-order valence-corrected chi connectivity index (χ0v) is 11.6. The van der Waals surface area contributed by atoms with Gasteiger partial charge in [0.05, 0.1) is 17.5 Å². The molecule has 0 saturated heterocycles. The number of amidine groups is 1. The average molecular weight is 318 g/mol. The van der Waals surface area contributed by atoms with Crippen LogP contribution in [0.15, 0.2) is 22.7 Å². The summed E-state index contributed by atoms with van der Waals surface area (Å²) in [5.74, 6) is 0.915. The van der Waals surface area contributed by atoms with E-state index in [4.69, 9.17) is 27.5 Å². The van der Waals surface area contributed by atoms with Crippen LogP contribution in [-0.4, -0.2) is 12.4 Å². The van der Waals surface area contributed by atoms with E-state index in [1.54, 1.807) is 6.07 Å². The average Bonchev–Trinajstić information content (AvgIpc) is 2.96. The highest BCUT2D eigenvalue weighted by molar-refractivity contribution is 9.10. The van der Waals surface area contributed by atoms with Gasteiger partial charge in [0.15, 0.2) is 0 Å². The van der Waals surface area contributed by atoms with Crippen molar-refractivity contribution in [3.05, 3.63) is 27.7 Å². The predicted molar refractivity (Wildman–Crippen MR) is 72.8 cm³/mol. The lowest BCUT2D eigenvalue weighted by Crippen LogP contribution is -2.21. The Balaban J connectivity index is 1.96.